The number of carboxylic acids is 1. The van der Waals surface area contributed by atoms with Gasteiger partial charge in [-0.2, -0.15) is 0 Å². The van der Waals surface area contributed by atoms with Crippen molar-refractivity contribution in [3.05, 3.63) is 0 Å². The van der Waals surface area contributed by atoms with Crippen LogP contribution >= 0.6 is 0 Å². The number of alkyl carbamates (subject to hydrolysis) is 1. The summed E-state index contributed by atoms with van der Waals surface area (Å²) >= 11 is 0. The molecule has 1 amide bonds. The number of carboxylic acid groups (broad SMARTS) is 1. The normalized spacial score (nSPS) is 34.4. The molecule has 102 valence electrons. The number of carbonyl (C=O) groups is 2. The van der Waals surface area contributed by atoms with Crippen LogP contribution in [0.1, 0.15) is 40.0 Å². The van der Waals surface area contributed by atoms with Crippen LogP contribution in [0.15, 0.2) is 0 Å². The molecule has 4 atom stereocenters. The third kappa shape index (κ3) is 2.60. The van der Waals surface area contributed by atoms with Crippen LogP contribution in [-0.2, 0) is 9.53 Å². The Morgan fingerprint density at radius 2 is 1.94 bits per heavy atom. The van der Waals surface area contributed by atoms with Crippen molar-refractivity contribution in [2.24, 2.45) is 17.8 Å². The highest BCUT2D eigenvalue weighted by Gasteiger charge is 2.51. The number of aliphatic carboxylic acids is 1. The van der Waals surface area contributed by atoms with Gasteiger partial charge in [0, 0.05) is 6.04 Å². The number of hydrogen-bond acceptors (Lipinski definition) is 3. The van der Waals surface area contributed by atoms with Gasteiger partial charge in [0.15, 0.2) is 0 Å². The van der Waals surface area contributed by atoms with Crippen molar-refractivity contribution >= 4 is 12.1 Å². The first kappa shape index (κ1) is 13.2. The highest BCUT2D eigenvalue weighted by atomic mass is 16.6. The second-order valence-corrected chi connectivity index (χ2v) is 6.35. The van der Waals surface area contributed by atoms with Crippen LogP contribution in [0.25, 0.3) is 0 Å². The molecule has 0 heterocycles. The van der Waals surface area contributed by atoms with Crippen molar-refractivity contribution in [3.8, 4) is 0 Å². The Kier molecular flexibility index (Phi) is 3.25. The lowest BCUT2D eigenvalue weighted by Crippen LogP contribution is -2.42. The highest BCUT2D eigenvalue weighted by molar-refractivity contribution is 5.72. The maximum Gasteiger partial charge on any atom is 0.407 e. The zero-order valence-electron chi connectivity index (χ0n) is 11.1. The molecule has 2 aliphatic carbocycles. The zero-order valence-corrected chi connectivity index (χ0v) is 11.1. The van der Waals surface area contributed by atoms with Crippen molar-refractivity contribution in [1.82, 2.24) is 5.32 Å². The molecule has 2 fully saturated rings. The molecule has 0 saturated heterocycles. The van der Waals surface area contributed by atoms with Crippen LogP contribution in [0.2, 0.25) is 0 Å². The van der Waals surface area contributed by atoms with Gasteiger partial charge in [-0.05, 0) is 51.9 Å². The average molecular weight is 255 g/mol. The minimum absolute atomic E-state index is 0.0269. The van der Waals surface area contributed by atoms with Gasteiger partial charge in [-0.3, -0.25) is 4.79 Å². The molecule has 0 spiro atoms. The molecule has 5 nitrogen and oxygen atoms in total. The molecular weight excluding hydrogens is 234 g/mol. The van der Waals surface area contributed by atoms with E-state index in [9.17, 15) is 9.59 Å². The quantitative estimate of drug-likeness (QED) is 0.791. The molecule has 0 aromatic carbocycles. The van der Waals surface area contributed by atoms with Crippen molar-refractivity contribution < 1.29 is 19.4 Å². The summed E-state index contributed by atoms with van der Waals surface area (Å²) in [6.45, 7) is 5.45. The Balaban J connectivity index is 1.95. The van der Waals surface area contributed by atoms with Gasteiger partial charge in [0.1, 0.15) is 5.60 Å². The van der Waals surface area contributed by atoms with E-state index < -0.39 is 17.7 Å². The molecule has 2 aliphatic rings. The fourth-order valence-electron chi connectivity index (χ4n) is 3.28. The molecule has 5 heteroatoms. The molecule has 0 radical (unpaired) electrons. The van der Waals surface area contributed by atoms with Gasteiger partial charge in [0.25, 0.3) is 0 Å². The summed E-state index contributed by atoms with van der Waals surface area (Å²) in [6.07, 6.45) is 2.15. The lowest BCUT2D eigenvalue weighted by atomic mass is 9.89. The molecule has 2 N–H and O–H groups in total. The number of nitrogens with one attached hydrogen (secondary N) is 1. The monoisotopic (exact) mass is 255 g/mol. The van der Waals surface area contributed by atoms with E-state index in [2.05, 4.69) is 5.32 Å². The molecule has 18 heavy (non-hydrogen) atoms. The maximum atomic E-state index is 11.7. The van der Waals surface area contributed by atoms with Crippen molar-refractivity contribution in [3.63, 3.8) is 0 Å². The number of amides is 1. The smallest absolute Gasteiger partial charge is 0.407 e. The van der Waals surface area contributed by atoms with Crippen LogP contribution < -0.4 is 5.32 Å². The summed E-state index contributed by atoms with van der Waals surface area (Å²) in [5, 5.41) is 12.0. The lowest BCUT2D eigenvalue weighted by Gasteiger charge is -2.24. The van der Waals surface area contributed by atoms with Gasteiger partial charge < -0.3 is 15.2 Å². The first-order valence-corrected chi connectivity index (χ1v) is 6.50. The van der Waals surface area contributed by atoms with E-state index >= 15 is 0 Å². The Morgan fingerprint density at radius 3 is 2.44 bits per heavy atom. The largest absolute Gasteiger partial charge is 0.481 e. The van der Waals surface area contributed by atoms with E-state index in [1.54, 1.807) is 0 Å². The van der Waals surface area contributed by atoms with Crippen LogP contribution in [0.4, 0.5) is 4.79 Å². The maximum absolute atomic E-state index is 11.7. The molecule has 0 aromatic rings. The van der Waals surface area contributed by atoms with Gasteiger partial charge in [-0.25, -0.2) is 4.79 Å². The Bertz CT molecular complexity index is 360. The summed E-state index contributed by atoms with van der Waals surface area (Å²) in [6, 6.07) is -0.0269. The van der Waals surface area contributed by atoms with Crippen molar-refractivity contribution in [2.75, 3.05) is 0 Å². The number of fused-ring (bicyclic) bond motifs is 2. The second-order valence-electron chi connectivity index (χ2n) is 6.35. The predicted molar refractivity (Wildman–Crippen MR) is 65.1 cm³/mol. The van der Waals surface area contributed by atoms with E-state index in [-0.39, 0.29) is 17.9 Å². The fraction of sp³-hybridized carbons (Fsp3) is 0.846. The Morgan fingerprint density at radius 1 is 1.28 bits per heavy atom. The average Bonchev–Trinajstić information content (AvgIpc) is 2.72. The molecule has 0 aromatic heterocycles. The van der Waals surface area contributed by atoms with Gasteiger partial charge >= 0.3 is 12.1 Å². The van der Waals surface area contributed by atoms with Crippen LogP contribution in [-0.4, -0.2) is 28.8 Å². The van der Waals surface area contributed by atoms with Gasteiger partial charge in [-0.1, -0.05) is 0 Å². The van der Waals surface area contributed by atoms with Gasteiger partial charge in [0.2, 0.25) is 0 Å². The number of hydrogen-bond donors (Lipinski definition) is 2. The van der Waals surface area contributed by atoms with Gasteiger partial charge in [-0.15, -0.1) is 0 Å². The topological polar surface area (TPSA) is 75.6 Å². The summed E-state index contributed by atoms with van der Waals surface area (Å²) in [5.74, 6) is -0.675. The van der Waals surface area contributed by atoms with E-state index in [0.717, 1.165) is 12.8 Å². The van der Waals surface area contributed by atoms with E-state index in [4.69, 9.17) is 9.84 Å². The minimum Gasteiger partial charge on any atom is -0.481 e. The molecule has 0 unspecified atom stereocenters. The zero-order chi connectivity index (χ0) is 13.5. The number of rotatable bonds is 2. The molecule has 2 rings (SSSR count). The fourth-order valence-corrected chi connectivity index (χ4v) is 3.28. The lowest BCUT2D eigenvalue weighted by molar-refractivity contribution is -0.143. The number of ether oxygens (including phenoxy) is 1. The second kappa shape index (κ2) is 4.44. The van der Waals surface area contributed by atoms with E-state index in [1.807, 2.05) is 20.8 Å². The van der Waals surface area contributed by atoms with E-state index in [0.29, 0.717) is 12.3 Å². The SMILES string of the molecule is CC(C)(C)OC(=O)N[C@H]1[C@H]2CC[C@H]1[C@@H](C(=O)O)C2. The Labute approximate surface area is 107 Å². The van der Waals surface area contributed by atoms with Crippen LogP contribution in [0.5, 0.6) is 0 Å². The highest BCUT2D eigenvalue weighted by Crippen LogP contribution is 2.48. The van der Waals surface area contributed by atoms with Crippen LogP contribution in [0, 0.1) is 17.8 Å². The minimum atomic E-state index is -0.738. The third-order valence-corrected chi connectivity index (χ3v) is 3.91. The summed E-state index contributed by atoms with van der Waals surface area (Å²) in [5.41, 5.74) is -0.520. The van der Waals surface area contributed by atoms with Crippen molar-refractivity contribution in [2.45, 2.75) is 51.7 Å². The summed E-state index contributed by atoms with van der Waals surface area (Å²) < 4.78 is 5.22. The first-order chi connectivity index (χ1) is 8.28. The predicted octanol–water partition coefficient (Wildman–Crippen LogP) is 2.01. The van der Waals surface area contributed by atoms with E-state index in [1.165, 1.54) is 0 Å². The Hall–Kier alpha value is -1.26. The standard InChI is InChI=1S/C13H21NO4/c1-13(2,3)18-12(17)14-10-7-4-5-8(10)9(6-7)11(15)16/h7-10H,4-6H2,1-3H3,(H,14,17)(H,15,16)/t7-,8-,9-,10-/m0/s1. The summed E-state index contributed by atoms with van der Waals surface area (Å²) in [7, 11) is 0. The van der Waals surface area contributed by atoms with Crippen molar-refractivity contribution in [1.29, 1.82) is 0 Å². The molecular formula is C13H21NO4. The van der Waals surface area contributed by atoms with Crippen LogP contribution in [0.3, 0.4) is 0 Å². The molecule has 2 bridgehead atoms. The molecule has 0 aliphatic heterocycles. The first-order valence-electron chi connectivity index (χ1n) is 6.50. The third-order valence-electron chi connectivity index (χ3n) is 3.91. The summed E-state index contributed by atoms with van der Waals surface area (Å²) in [4.78, 5) is 22.8. The van der Waals surface area contributed by atoms with Gasteiger partial charge in [0.05, 0.1) is 5.92 Å². The molecule has 2 saturated carbocycles. The number of carbonyl (C=O) groups excluding carboxylic acids is 1.